The molecule has 160 valence electrons. The van der Waals surface area contributed by atoms with Crippen LogP contribution >= 0.6 is 0 Å². The highest BCUT2D eigenvalue weighted by Gasteiger charge is 2.45. The fraction of sp³-hybridized carbons (Fsp3) is 0.458. The van der Waals surface area contributed by atoms with Gasteiger partial charge in [-0.2, -0.15) is 0 Å². The molecule has 2 fully saturated rings. The average molecular weight is 429 g/mol. The minimum absolute atomic E-state index is 0.0101. The molecule has 0 radical (unpaired) electrons. The number of nitrogens with zero attached hydrogens (tertiary/aromatic N) is 2. The number of pyridine rings is 1. The summed E-state index contributed by atoms with van der Waals surface area (Å²) in [4.78, 5) is 4.53. The van der Waals surface area contributed by atoms with Gasteiger partial charge in [0.15, 0.2) is 0 Å². The average Bonchev–Trinajstić information content (AvgIpc) is 3.10. The number of halogens is 1. The van der Waals surface area contributed by atoms with Crippen LogP contribution in [0.15, 0.2) is 48.7 Å². The van der Waals surface area contributed by atoms with E-state index in [-0.39, 0.29) is 17.8 Å². The van der Waals surface area contributed by atoms with Crippen LogP contribution in [0.2, 0.25) is 0 Å². The van der Waals surface area contributed by atoms with Gasteiger partial charge in [-0.25, -0.2) is 17.1 Å². The predicted octanol–water partition coefficient (Wildman–Crippen LogP) is 4.99. The van der Waals surface area contributed by atoms with Crippen molar-refractivity contribution in [2.75, 3.05) is 13.3 Å². The molecule has 4 atom stereocenters. The molecule has 0 N–H and O–H groups in total. The molecule has 1 heterocycles. The molecule has 4 nitrogen and oxygen atoms in total. The van der Waals surface area contributed by atoms with Crippen LogP contribution in [-0.4, -0.2) is 37.1 Å². The van der Waals surface area contributed by atoms with E-state index < -0.39 is 10.0 Å². The normalized spacial score (nSPS) is 26.9. The zero-order chi connectivity index (χ0) is 21.3. The molecule has 2 aliphatic carbocycles. The zero-order valence-corrected chi connectivity index (χ0v) is 18.4. The first-order valence-corrected chi connectivity index (χ1v) is 12.5. The Bertz CT molecular complexity index is 1020. The van der Waals surface area contributed by atoms with Crippen molar-refractivity contribution in [3.8, 4) is 11.1 Å². The first kappa shape index (κ1) is 21.2. The Morgan fingerprint density at radius 2 is 1.93 bits per heavy atom. The molecular weight excluding hydrogens is 399 g/mol. The van der Waals surface area contributed by atoms with E-state index in [0.29, 0.717) is 11.8 Å². The number of sulfonamides is 1. The van der Waals surface area contributed by atoms with Crippen molar-refractivity contribution in [3.05, 3.63) is 60.2 Å². The number of hydrogen-bond donors (Lipinski definition) is 0. The van der Waals surface area contributed by atoms with E-state index in [1.165, 1.54) is 44.1 Å². The minimum Gasteiger partial charge on any atom is -0.256 e. The van der Waals surface area contributed by atoms with E-state index in [9.17, 15) is 12.8 Å². The van der Waals surface area contributed by atoms with Crippen molar-refractivity contribution in [2.24, 2.45) is 17.8 Å². The molecule has 0 aliphatic heterocycles. The summed E-state index contributed by atoms with van der Waals surface area (Å²) in [5, 5.41) is 0. The van der Waals surface area contributed by atoms with E-state index in [2.05, 4.69) is 11.1 Å². The summed E-state index contributed by atoms with van der Waals surface area (Å²) in [6.07, 6.45) is 13.0. The van der Waals surface area contributed by atoms with Crippen LogP contribution in [0.3, 0.4) is 0 Å². The molecule has 0 bridgehead atoms. The van der Waals surface area contributed by atoms with Crippen molar-refractivity contribution < 1.29 is 12.8 Å². The van der Waals surface area contributed by atoms with Crippen LogP contribution < -0.4 is 0 Å². The third-order valence-corrected chi connectivity index (χ3v) is 8.19. The third kappa shape index (κ3) is 4.49. The second kappa shape index (κ2) is 8.60. The summed E-state index contributed by atoms with van der Waals surface area (Å²) in [5.41, 5.74) is 2.50. The lowest BCUT2D eigenvalue weighted by Crippen LogP contribution is -2.39. The van der Waals surface area contributed by atoms with E-state index >= 15 is 0 Å². The summed E-state index contributed by atoms with van der Waals surface area (Å²) in [6.45, 7) is 0. The molecule has 2 aromatic rings. The maximum atomic E-state index is 13.5. The number of rotatable bonds is 5. The third-order valence-electron chi connectivity index (χ3n) is 6.87. The Kier molecular flexibility index (Phi) is 6.07. The van der Waals surface area contributed by atoms with Gasteiger partial charge < -0.3 is 0 Å². The standard InChI is InChI=1S/C24H29FN2O2S/c1-27(30(2,28)29)24-15-18-6-3-4-9-22(18)23(24)13-12-21-11-10-19(16-26-21)17-7-5-8-20(25)14-17/h5,7-8,10-14,16,18,22-24H,3-4,6,9,15H2,1-2H3/b13-12+/t18-,22-,23+,24+/m1/s1. The van der Waals surface area contributed by atoms with Gasteiger partial charge in [0.05, 0.1) is 11.9 Å². The quantitative estimate of drug-likeness (QED) is 0.674. The summed E-state index contributed by atoms with van der Waals surface area (Å²) in [5.74, 6) is 1.09. The van der Waals surface area contributed by atoms with Gasteiger partial charge in [-0.15, -0.1) is 0 Å². The van der Waals surface area contributed by atoms with Gasteiger partial charge in [-0.05, 0) is 60.4 Å². The van der Waals surface area contributed by atoms with Crippen molar-refractivity contribution in [3.63, 3.8) is 0 Å². The number of fused-ring (bicyclic) bond motifs is 1. The molecule has 0 amide bonds. The maximum Gasteiger partial charge on any atom is 0.211 e. The second-order valence-corrected chi connectivity index (χ2v) is 10.8. The lowest BCUT2D eigenvalue weighted by atomic mass is 9.78. The maximum absolute atomic E-state index is 13.5. The Morgan fingerprint density at radius 1 is 1.13 bits per heavy atom. The molecule has 4 rings (SSSR count). The van der Waals surface area contributed by atoms with Gasteiger partial charge in [0.25, 0.3) is 0 Å². The second-order valence-electron chi connectivity index (χ2n) is 8.71. The molecular formula is C24H29FN2O2S. The summed E-state index contributed by atoms with van der Waals surface area (Å²) in [6, 6.07) is 10.4. The molecule has 1 aromatic carbocycles. The van der Waals surface area contributed by atoms with Crippen molar-refractivity contribution in [1.29, 1.82) is 0 Å². The van der Waals surface area contributed by atoms with E-state index in [4.69, 9.17) is 0 Å². The number of hydrogen-bond acceptors (Lipinski definition) is 3. The zero-order valence-electron chi connectivity index (χ0n) is 17.5. The highest BCUT2D eigenvalue weighted by atomic mass is 32.2. The van der Waals surface area contributed by atoms with Crippen molar-refractivity contribution in [1.82, 2.24) is 9.29 Å². The van der Waals surface area contributed by atoms with Crippen LogP contribution in [0, 0.1) is 23.6 Å². The summed E-state index contributed by atoms with van der Waals surface area (Å²) < 4.78 is 39.4. The van der Waals surface area contributed by atoms with Crippen LogP contribution in [0.4, 0.5) is 4.39 Å². The topological polar surface area (TPSA) is 50.3 Å². The molecule has 1 aromatic heterocycles. The molecule has 0 unspecified atom stereocenters. The lowest BCUT2D eigenvalue weighted by Gasteiger charge is -2.30. The highest BCUT2D eigenvalue weighted by Crippen LogP contribution is 2.48. The van der Waals surface area contributed by atoms with Crippen LogP contribution in [0.5, 0.6) is 0 Å². The van der Waals surface area contributed by atoms with Gasteiger partial charge in [0, 0.05) is 24.8 Å². The van der Waals surface area contributed by atoms with Gasteiger partial charge in [-0.3, -0.25) is 4.98 Å². The van der Waals surface area contributed by atoms with Crippen molar-refractivity contribution in [2.45, 2.75) is 38.1 Å². The van der Waals surface area contributed by atoms with Gasteiger partial charge in [0.2, 0.25) is 10.0 Å². The Labute approximate surface area is 178 Å². The Hall–Kier alpha value is -2.05. The van der Waals surface area contributed by atoms with Gasteiger partial charge in [0.1, 0.15) is 5.82 Å². The highest BCUT2D eigenvalue weighted by molar-refractivity contribution is 7.88. The fourth-order valence-corrected chi connectivity index (χ4v) is 5.97. The van der Waals surface area contributed by atoms with Crippen LogP contribution in [0.25, 0.3) is 17.2 Å². The molecule has 2 saturated carbocycles. The predicted molar refractivity (Wildman–Crippen MR) is 119 cm³/mol. The smallest absolute Gasteiger partial charge is 0.211 e. The SMILES string of the molecule is CN([C@H]1C[C@H]2CCCC[C@H]2[C@@H]1/C=C/c1ccc(-c2cccc(F)c2)cn1)S(C)(=O)=O. The Balaban J connectivity index is 1.55. The summed E-state index contributed by atoms with van der Waals surface area (Å²) >= 11 is 0. The fourth-order valence-electron chi connectivity index (χ4n) is 5.25. The van der Waals surface area contributed by atoms with E-state index in [1.807, 2.05) is 24.3 Å². The Morgan fingerprint density at radius 3 is 2.63 bits per heavy atom. The molecule has 6 heteroatoms. The van der Waals surface area contributed by atoms with Gasteiger partial charge >= 0.3 is 0 Å². The lowest BCUT2D eigenvalue weighted by molar-refractivity contribution is 0.243. The van der Waals surface area contributed by atoms with E-state index in [1.54, 1.807) is 23.6 Å². The minimum atomic E-state index is -3.23. The number of benzene rings is 1. The first-order valence-electron chi connectivity index (χ1n) is 10.7. The molecule has 30 heavy (non-hydrogen) atoms. The van der Waals surface area contributed by atoms with Crippen LogP contribution in [0.1, 0.15) is 37.8 Å². The van der Waals surface area contributed by atoms with Gasteiger partial charge in [-0.1, -0.05) is 43.5 Å². The summed E-state index contributed by atoms with van der Waals surface area (Å²) in [7, 11) is -1.52. The first-order chi connectivity index (χ1) is 14.3. The monoisotopic (exact) mass is 428 g/mol. The molecule has 2 aliphatic rings. The molecule has 0 saturated heterocycles. The van der Waals surface area contributed by atoms with E-state index in [0.717, 1.165) is 23.2 Å². The number of aromatic nitrogens is 1. The van der Waals surface area contributed by atoms with Crippen LogP contribution in [-0.2, 0) is 10.0 Å². The largest absolute Gasteiger partial charge is 0.256 e. The molecule has 0 spiro atoms. The van der Waals surface area contributed by atoms with Crippen molar-refractivity contribution >= 4 is 16.1 Å².